The highest BCUT2D eigenvalue weighted by molar-refractivity contribution is 7.89. The van der Waals surface area contributed by atoms with Crippen LogP contribution in [0.15, 0.2) is 48.5 Å². The lowest BCUT2D eigenvalue weighted by molar-refractivity contribution is -0.122. The van der Waals surface area contributed by atoms with Crippen molar-refractivity contribution < 1.29 is 64.3 Å². The zero-order valence-electron chi connectivity index (χ0n) is 48.5. The third-order valence-electron chi connectivity index (χ3n) is 13.3. The molecular formula is C60H84N2O14S2. The number of carbonyl (C=O) groups is 2. The van der Waals surface area contributed by atoms with E-state index in [9.17, 15) is 26.4 Å². The highest BCUT2D eigenvalue weighted by Gasteiger charge is 2.30. The van der Waals surface area contributed by atoms with Crippen LogP contribution in [0.25, 0.3) is 0 Å². The highest BCUT2D eigenvalue weighted by atomic mass is 32.2. The lowest BCUT2D eigenvalue weighted by Crippen LogP contribution is -2.33. The lowest BCUT2D eigenvalue weighted by atomic mass is 9.79. The van der Waals surface area contributed by atoms with E-state index >= 15 is 0 Å². The Hall–Kier alpha value is -5.24. The van der Waals surface area contributed by atoms with Crippen LogP contribution in [0.3, 0.4) is 0 Å². The Bertz CT molecular complexity index is 2810. The van der Waals surface area contributed by atoms with Crippen LogP contribution >= 0.6 is 0 Å². The predicted molar refractivity (Wildman–Crippen MR) is 303 cm³/mol. The maximum absolute atomic E-state index is 13.4. The molecule has 16 nitrogen and oxygen atoms in total. The van der Waals surface area contributed by atoms with E-state index < -0.39 is 55.9 Å². The summed E-state index contributed by atoms with van der Waals surface area (Å²) in [7, 11) is -7.87. The molecule has 6 rings (SSSR count). The molecule has 0 saturated heterocycles. The number of rotatable bonds is 8. The molecule has 2 N–H and O–H groups in total. The Kier molecular flexibility index (Phi) is 20.2. The van der Waals surface area contributed by atoms with Gasteiger partial charge in [0, 0.05) is 25.7 Å². The van der Waals surface area contributed by atoms with Gasteiger partial charge < -0.3 is 37.9 Å². The summed E-state index contributed by atoms with van der Waals surface area (Å²) in [6.07, 6.45) is 2.82. The third-order valence-corrected chi connectivity index (χ3v) is 14.5. The Morgan fingerprint density at radius 2 is 0.615 bits per heavy atom. The number of ether oxygens (including phenoxy) is 8. The van der Waals surface area contributed by atoms with Gasteiger partial charge in [-0.05, 0) is 88.4 Å². The van der Waals surface area contributed by atoms with E-state index in [-0.39, 0.29) is 56.5 Å². The SMILES string of the molecule is CC(C)(C)c1cc2c3c(c1)Cc1cc(C(C)(C)C)cc(c1OCC(=O)NS(C)(=O)=O)Cc1cc(C(C)(C)C)cc(c1OCC(=O)NS(C)(=O)=O)Cc1cc(C(C)(C)C)cc(c1OCCOCCOCCOCCOCCO3)C2. The van der Waals surface area contributed by atoms with E-state index in [2.05, 4.69) is 129 Å². The van der Waals surface area contributed by atoms with Crippen LogP contribution in [0.4, 0.5) is 0 Å². The standard InChI is InChI=1S/C60H84N2O14S2/c1-57(2,3)47-29-39-25-40-30-48(58(4,5)6)32-42-27-44-34-50(60(10,11)12)36-46(56(44)76-38-52(64)62-78(14,67)68)28-45-35-49(59(7,8)9)33-43(55(45)75-37-51(63)61-77(13,65)66)26-41(31-47)53(39)73-23-21-71-19-17-69-15-16-70-18-20-72-22-24-74-54(40)42/h29-36H,15-28,37-38H2,1-14H3,(H,61,63)(H,62,64). The molecule has 4 aromatic rings. The molecule has 1 aliphatic carbocycles. The summed E-state index contributed by atoms with van der Waals surface area (Å²) >= 11 is 0. The van der Waals surface area contributed by atoms with Gasteiger partial charge in [-0.2, -0.15) is 0 Å². The molecule has 0 unspecified atom stereocenters. The fourth-order valence-corrected chi connectivity index (χ4v) is 10.2. The molecule has 0 spiro atoms. The van der Waals surface area contributed by atoms with Crippen LogP contribution in [-0.2, 0) is 95.9 Å². The monoisotopic (exact) mass is 1120 g/mol. The minimum Gasteiger partial charge on any atom is -0.491 e. The summed E-state index contributed by atoms with van der Waals surface area (Å²) in [5.41, 5.74) is 8.69. The number of hydrogen-bond donors (Lipinski definition) is 2. The minimum absolute atomic E-state index is 0.134. The first-order valence-corrected chi connectivity index (χ1v) is 30.5. The summed E-state index contributed by atoms with van der Waals surface area (Å²) in [5, 5.41) is 0. The van der Waals surface area contributed by atoms with Crippen molar-refractivity contribution in [3.8, 4) is 23.0 Å². The summed E-state index contributed by atoms with van der Waals surface area (Å²) in [6, 6.07) is 17.0. The predicted octanol–water partition coefficient (Wildman–Crippen LogP) is 8.30. The maximum atomic E-state index is 13.4. The number of benzene rings is 4. The molecule has 2 amide bonds. The second-order valence-corrected chi connectivity index (χ2v) is 28.0. The third kappa shape index (κ3) is 18.1. The van der Waals surface area contributed by atoms with E-state index in [0.29, 0.717) is 91.3 Å². The summed E-state index contributed by atoms with van der Waals surface area (Å²) in [5.74, 6) is 0.297. The van der Waals surface area contributed by atoms with Crippen molar-refractivity contribution in [3.05, 3.63) is 115 Å². The normalized spacial score (nSPS) is 16.0. The number of hydrogen-bond acceptors (Lipinski definition) is 14. The summed E-state index contributed by atoms with van der Waals surface area (Å²) < 4.78 is 104. The van der Waals surface area contributed by atoms with Crippen molar-refractivity contribution in [1.29, 1.82) is 0 Å². The van der Waals surface area contributed by atoms with Gasteiger partial charge in [0.2, 0.25) is 20.0 Å². The van der Waals surface area contributed by atoms with Gasteiger partial charge in [-0.3, -0.25) is 19.0 Å². The van der Waals surface area contributed by atoms with Crippen LogP contribution in [0.1, 0.15) is 150 Å². The lowest BCUT2D eigenvalue weighted by Gasteiger charge is -2.29. The second-order valence-electron chi connectivity index (χ2n) is 24.5. The van der Waals surface area contributed by atoms with Crippen LogP contribution in [0.5, 0.6) is 23.0 Å². The molecule has 0 saturated carbocycles. The number of carbonyl (C=O) groups excluding carboxylic acids is 2. The number of sulfonamides is 2. The van der Waals surface area contributed by atoms with Crippen LogP contribution in [0.2, 0.25) is 0 Å². The van der Waals surface area contributed by atoms with E-state index in [1.54, 1.807) is 0 Å². The van der Waals surface area contributed by atoms with E-state index in [4.69, 9.17) is 37.9 Å². The van der Waals surface area contributed by atoms with Crippen molar-refractivity contribution >= 4 is 31.9 Å². The molecule has 0 atom stereocenters. The Morgan fingerprint density at radius 1 is 0.397 bits per heavy atom. The van der Waals surface area contributed by atoms with Gasteiger partial charge in [0.15, 0.2) is 13.2 Å². The molecule has 430 valence electrons. The van der Waals surface area contributed by atoms with Gasteiger partial charge in [-0.15, -0.1) is 0 Å². The average Bonchev–Trinajstić information content (AvgIpc) is 3.28. The van der Waals surface area contributed by atoms with E-state index in [1.165, 1.54) is 0 Å². The van der Waals surface area contributed by atoms with Crippen molar-refractivity contribution in [1.82, 2.24) is 9.44 Å². The first-order chi connectivity index (χ1) is 36.2. The van der Waals surface area contributed by atoms with Crippen molar-refractivity contribution in [3.63, 3.8) is 0 Å². The van der Waals surface area contributed by atoms with E-state index in [0.717, 1.165) is 57.0 Å². The fraction of sp³-hybridized carbons (Fsp3) is 0.567. The molecule has 18 heteroatoms. The smallest absolute Gasteiger partial charge is 0.271 e. The largest absolute Gasteiger partial charge is 0.491 e. The fourth-order valence-electron chi connectivity index (χ4n) is 9.28. The molecule has 0 fully saturated rings. The minimum atomic E-state index is -3.94. The topological polar surface area (TPSA) is 200 Å². The molecule has 10 bridgehead atoms. The van der Waals surface area contributed by atoms with Crippen LogP contribution in [-0.4, -0.2) is 120 Å². The average molecular weight is 1120 g/mol. The first-order valence-electron chi connectivity index (χ1n) is 26.7. The molecule has 1 aliphatic heterocycles. The Balaban J connectivity index is 1.76. The quantitative estimate of drug-likeness (QED) is 0.150. The molecule has 0 radical (unpaired) electrons. The molecule has 4 aromatic carbocycles. The molecule has 0 aromatic heterocycles. The Morgan fingerprint density at radius 3 is 0.859 bits per heavy atom. The van der Waals surface area contributed by atoms with Gasteiger partial charge in [0.1, 0.15) is 36.2 Å². The summed E-state index contributed by atoms with van der Waals surface area (Å²) in [6.45, 7) is 27.7. The zero-order chi connectivity index (χ0) is 57.4. The summed E-state index contributed by atoms with van der Waals surface area (Å²) in [4.78, 5) is 26.9. The molecule has 78 heavy (non-hydrogen) atoms. The first kappa shape index (κ1) is 62.0. The van der Waals surface area contributed by atoms with Crippen molar-refractivity contribution in [2.24, 2.45) is 0 Å². The van der Waals surface area contributed by atoms with Crippen LogP contribution < -0.4 is 28.4 Å². The number of amides is 2. The van der Waals surface area contributed by atoms with Crippen molar-refractivity contribution in [2.75, 3.05) is 91.8 Å². The van der Waals surface area contributed by atoms with Gasteiger partial charge in [-0.1, -0.05) is 132 Å². The number of fused-ring (bicyclic) bond motifs is 4. The van der Waals surface area contributed by atoms with Gasteiger partial charge >= 0.3 is 0 Å². The molecular weight excluding hydrogens is 1040 g/mol. The zero-order valence-corrected chi connectivity index (χ0v) is 50.1. The molecule has 2 aliphatic rings. The van der Waals surface area contributed by atoms with Gasteiger partial charge in [-0.25, -0.2) is 16.8 Å². The number of nitrogens with one attached hydrogen (secondary N) is 2. The maximum Gasteiger partial charge on any atom is 0.271 e. The van der Waals surface area contributed by atoms with Crippen molar-refractivity contribution in [2.45, 2.75) is 130 Å². The van der Waals surface area contributed by atoms with Crippen LogP contribution in [0, 0.1) is 0 Å². The highest BCUT2D eigenvalue weighted by Crippen LogP contribution is 2.44. The molecule has 1 heterocycles. The van der Waals surface area contributed by atoms with E-state index in [1.807, 2.05) is 12.1 Å². The van der Waals surface area contributed by atoms with Gasteiger partial charge in [0.05, 0.1) is 65.4 Å². The second kappa shape index (κ2) is 25.5. The van der Waals surface area contributed by atoms with Gasteiger partial charge in [0.25, 0.3) is 11.8 Å². The Labute approximate surface area is 464 Å².